The summed E-state index contributed by atoms with van der Waals surface area (Å²) in [4.78, 5) is 0. The molecule has 0 aliphatic rings. The van der Waals surface area contributed by atoms with Crippen molar-refractivity contribution in [3.63, 3.8) is 0 Å². The molecule has 2 nitrogen and oxygen atoms in total. The third-order valence-electron chi connectivity index (χ3n) is 2.54. The first-order chi connectivity index (χ1) is 7.65. The average Bonchev–Trinajstić information content (AvgIpc) is 2.25. The lowest BCUT2D eigenvalue weighted by atomic mass is 10.1. The Balaban J connectivity index is 2.43. The lowest BCUT2D eigenvalue weighted by Gasteiger charge is -2.10. The van der Waals surface area contributed by atoms with E-state index in [9.17, 15) is 0 Å². The number of anilines is 1. The van der Waals surface area contributed by atoms with Crippen molar-refractivity contribution < 1.29 is 4.74 Å². The van der Waals surface area contributed by atoms with E-state index in [4.69, 9.17) is 4.74 Å². The van der Waals surface area contributed by atoms with E-state index in [1.54, 1.807) is 7.11 Å². The van der Waals surface area contributed by atoms with Crippen molar-refractivity contribution in [3.8, 4) is 0 Å². The number of hydrogen-bond acceptors (Lipinski definition) is 2. The summed E-state index contributed by atoms with van der Waals surface area (Å²) in [5.41, 5.74) is 3.76. The number of rotatable bonds is 6. The van der Waals surface area contributed by atoms with E-state index in [2.05, 4.69) is 47.2 Å². The Labute approximate surface area is 107 Å². The van der Waals surface area contributed by atoms with Crippen LogP contribution in [0.2, 0.25) is 0 Å². The molecule has 0 heterocycles. The van der Waals surface area contributed by atoms with Crippen molar-refractivity contribution in [3.05, 3.63) is 27.7 Å². The molecule has 0 atom stereocenters. The second-order valence-corrected chi connectivity index (χ2v) is 4.84. The highest BCUT2D eigenvalue weighted by Crippen LogP contribution is 2.24. The van der Waals surface area contributed by atoms with Gasteiger partial charge in [0.05, 0.1) is 0 Å². The molecule has 16 heavy (non-hydrogen) atoms. The first kappa shape index (κ1) is 13.5. The molecule has 1 rings (SSSR count). The molecule has 0 radical (unpaired) electrons. The summed E-state index contributed by atoms with van der Waals surface area (Å²) in [6.07, 6.45) is 2.25. The summed E-state index contributed by atoms with van der Waals surface area (Å²) >= 11 is 3.57. The van der Waals surface area contributed by atoms with Crippen LogP contribution in [0.3, 0.4) is 0 Å². The smallest absolute Gasteiger partial charge is 0.0462 e. The van der Waals surface area contributed by atoms with Crippen molar-refractivity contribution in [2.75, 3.05) is 25.6 Å². The third-order valence-corrected chi connectivity index (χ3v) is 3.79. The van der Waals surface area contributed by atoms with Crippen LogP contribution in [-0.4, -0.2) is 20.3 Å². The van der Waals surface area contributed by atoms with Gasteiger partial charge in [-0.1, -0.05) is 15.9 Å². The minimum atomic E-state index is 0.847. The number of unbranched alkanes of at least 4 members (excludes halogenated alkanes) is 1. The van der Waals surface area contributed by atoms with Crippen LogP contribution in [0.15, 0.2) is 16.6 Å². The second kappa shape index (κ2) is 6.92. The largest absolute Gasteiger partial charge is 0.385 e. The highest BCUT2D eigenvalue weighted by molar-refractivity contribution is 9.10. The van der Waals surface area contributed by atoms with Crippen LogP contribution in [0, 0.1) is 13.8 Å². The fourth-order valence-corrected chi connectivity index (χ4v) is 1.88. The molecule has 0 saturated carbocycles. The Kier molecular flexibility index (Phi) is 5.85. The van der Waals surface area contributed by atoms with Gasteiger partial charge in [0.2, 0.25) is 0 Å². The Hall–Kier alpha value is -0.540. The van der Waals surface area contributed by atoms with Gasteiger partial charge >= 0.3 is 0 Å². The second-order valence-electron chi connectivity index (χ2n) is 4.05. The van der Waals surface area contributed by atoms with Gasteiger partial charge in [-0.3, -0.25) is 0 Å². The SMILES string of the molecule is COCCCCNc1cc(C)c(Br)c(C)c1. The summed E-state index contributed by atoms with van der Waals surface area (Å²) in [5, 5.41) is 3.44. The number of ether oxygens (including phenoxy) is 1. The first-order valence-electron chi connectivity index (χ1n) is 5.64. The van der Waals surface area contributed by atoms with Gasteiger partial charge < -0.3 is 10.1 Å². The van der Waals surface area contributed by atoms with E-state index < -0.39 is 0 Å². The average molecular weight is 286 g/mol. The predicted octanol–water partition coefficient (Wildman–Crippen LogP) is 3.90. The first-order valence-corrected chi connectivity index (χ1v) is 6.44. The van der Waals surface area contributed by atoms with Gasteiger partial charge in [-0.05, 0) is 49.9 Å². The number of benzene rings is 1. The molecule has 0 aliphatic heterocycles. The Morgan fingerprint density at radius 1 is 1.19 bits per heavy atom. The summed E-state index contributed by atoms with van der Waals surface area (Å²) in [5.74, 6) is 0. The fraction of sp³-hybridized carbons (Fsp3) is 0.538. The van der Waals surface area contributed by atoms with Crippen LogP contribution in [0.5, 0.6) is 0 Å². The minimum Gasteiger partial charge on any atom is -0.385 e. The lowest BCUT2D eigenvalue weighted by molar-refractivity contribution is 0.194. The maximum atomic E-state index is 5.01. The molecular weight excluding hydrogens is 266 g/mol. The van der Waals surface area contributed by atoms with Crippen LogP contribution in [-0.2, 0) is 4.74 Å². The van der Waals surface area contributed by atoms with Gasteiger partial charge in [-0.2, -0.15) is 0 Å². The minimum absolute atomic E-state index is 0.847. The topological polar surface area (TPSA) is 21.3 Å². The van der Waals surface area contributed by atoms with Crippen LogP contribution in [0.4, 0.5) is 5.69 Å². The molecule has 0 aliphatic carbocycles. The summed E-state index contributed by atoms with van der Waals surface area (Å²) in [7, 11) is 1.74. The maximum Gasteiger partial charge on any atom is 0.0462 e. The lowest BCUT2D eigenvalue weighted by Crippen LogP contribution is -2.03. The van der Waals surface area contributed by atoms with Gasteiger partial charge in [0.15, 0.2) is 0 Å². The van der Waals surface area contributed by atoms with E-state index in [1.165, 1.54) is 21.3 Å². The molecule has 0 unspecified atom stereocenters. The zero-order chi connectivity index (χ0) is 12.0. The predicted molar refractivity (Wildman–Crippen MR) is 73.2 cm³/mol. The Morgan fingerprint density at radius 3 is 2.38 bits per heavy atom. The zero-order valence-corrected chi connectivity index (χ0v) is 11.9. The number of nitrogens with one attached hydrogen (secondary N) is 1. The van der Waals surface area contributed by atoms with Crippen LogP contribution < -0.4 is 5.32 Å². The molecule has 1 aromatic carbocycles. The molecule has 0 saturated heterocycles. The zero-order valence-electron chi connectivity index (χ0n) is 10.3. The summed E-state index contributed by atoms with van der Waals surface area (Å²) in [6.45, 7) is 6.09. The highest BCUT2D eigenvalue weighted by Gasteiger charge is 2.01. The molecule has 1 aromatic rings. The highest BCUT2D eigenvalue weighted by atomic mass is 79.9. The van der Waals surface area contributed by atoms with Crippen LogP contribution in [0.1, 0.15) is 24.0 Å². The quantitative estimate of drug-likeness (QED) is 0.801. The standard InChI is InChI=1S/C13H20BrNO/c1-10-8-12(9-11(2)13(10)14)15-6-4-5-7-16-3/h8-9,15H,4-7H2,1-3H3. The molecule has 0 aromatic heterocycles. The third kappa shape index (κ3) is 4.14. The van der Waals surface area contributed by atoms with Gasteiger partial charge in [0.25, 0.3) is 0 Å². The fourth-order valence-electron chi connectivity index (χ4n) is 1.65. The van der Waals surface area contributed by atoms with Crippen molar-refractivity contribution in [2.24, 2.45) is 0 Å². The van der Waals surface area contributed by atoms with Gasteiger partial charge in [-0.15, -0.1) is 0 Å². The van der Waals surface area contributed by atoms with Crippen molar-refractivity contribution >= 4 is 21.6 Å². The summed E-state index contributed by atoms with van der Waals surface area (Å²) < 4.78 is 6.22. The normalized spacial score (nSPS) is 10.5. The van der Waals surface area contributed by atoms with Gasteiger partial charge in [0, 0.05) is 30.4 Å². The molecule has 0 amide bonds. The van der Waals surface area contributed by atoms with E-state index in [0.717, 1.165) is 26.0 Å². The van der Waals surface area contributed by atoms with Gasteiger partial charge in [-0.25, -0.2) is 0 Å². The molecule has 90 valence electrons. The van der Waals surface area contributed by atoms with Crippen molar-refractivity contribution in [1.29, 1.82) is 0 Å². The summed E-state index contributed by atoms with van der Waals surface area (Å²) in [6, 6.07) is 4.35. The Bertz CT molecular complexity index is 316. The number of methoxy groups -OCH3 is 1. The van der Waals surface area contributed by atoms with Crippen LogP contribution >= 0.6 is 15.9 Å². The van der Waals surface area contributed by atoms with E-state index >= 15 is 0 Å². The molecule has 0 spiro atoms. The molecule has 0 bridgehead atoms. The molecule has 3 heteroatoms. The molecular formula is C13H20BrNO. The molecule has 1 N–H and O–H groups in total. The number of aryl methyl sites for hydroxylation is 2. The monoisotopic (exact) mass is 285 g/mol. The van der Waals surface area contributed by atoms with E-state index in [1.807, 2.05) is 0 Å². The maximum absolute atomic E-state index is 5.01. The van der Waals surface area contributed by atoms with Crippen molar-refractivity contribution in [2.45, 2.75) is 26.7 Å². The molecule has 0 fully saturated rings. The number of hydrogen-bond donors (Lipinski definition) is 1. The van der Waals surface area contributed by atoms with E-state index in [-0.39, 0.29) is 0 Å². The van der Waals surface area contributed by atoms with Crippen LogP contribution in [0.25, 0.3) is 0 Å². The Morgan fingerprint density at radius 2 is 1.81 bits per heavy atom. The van der Waals surface area contributed by atoms with Crippen molar-refractivity contribution in [1.82, 2.24) is 0 Å². The number of halogens is 1. The van der Waals surface area contributed by atoms with E-state index in [0.29, 0.717) is 0 Å². The van der Waals surface area contributed by atoms with Gasteiger partial charge in [0.1, 0.15) is 0 Å².